The fourth-order valence-electron chi connectivity index (χ4n) is 0.582. The standard InChI is InChI=1S/C7H18N2/c1-4-9(8)6-5-7(2)3/h7H,4-6,8H2,1-3H3. The van der Waals surface area contributed by atoms with Gasteiger partial charge in [0.2, 0.25) is 0 Å². The summed E-state index contributed by atoms with van der Waals surface area (Å²) in [6, 6.07) is 0. The van der Waals surface area contributed by atoms with Gasteiger partial charge in [-0.1, -0.05) is 20.8 Å². The summed E-state index contributed by atoms with van der Waals surface area (Å²) in [5.41, 5.74) is 0. The van der Waals surface area contributed by atoms with Crippen molar-refractivity contribution in [3.05, 3.63) is 0 Å². The first-order chi connectivity index (χ1) is 4.16. The monoisotopic (exact) mass is 130 g/mol. The van der Waals surface area contributed by atoms with Crippen molar-refractivity contribution < 1.29 is 0 Å². The molecule has 0 rings (SSSR count). The zero-order valence-electron chi connectivity index (χ0n) is 6.72. The average molecular weight is 130 g/mol. The van der Waals surface area contributed by atoms with Crippen molar-refractivity contribution in [2.75, 3.05) is 13.1 Å². The Labute approximate surface area is 58.0 Å². The SMILES string of the molecule is CCN(N)CCC(C)C. The van der Waals surface area contributed by atoms with Crippen LogP contribution in [-0.2, 0) is 0 Å². The molecule has 2 heteroatoms. The predicted octanol–water partition coefficient (Wildman–Crippen LogP) is 1.23. The highest BCUT2D eigenvalue weighted by Gasteiger charge is 1.96. The van der Waals surface area contributed by atoms with Crippen LogP contribution < -0.4 is 5.84 Å². The zero-order chi connectivity index (χ0) is 7.28. The van der Waals surface area contributed by atoms with E-state index in [2.05, 4.69) is 20.8 Å². The lowest BCUT2D eigenvalue weighted by molar-refractivity contribution is 0.279. The van der Waals surface area contributed by atoms with Crippen LogP contribution >= 0.6 is 0 Å². The predicted molar refractivity (Wildman–Crippen MR) is 40.9 cm³/mol. The molecule has 0 saturated heterocycles. The van der Waals surface area contributed by atoms with Gasteiger partial charge in [0.1, 0.15) is 0 Å². The van der Waals surface area contributed by atoms with Crippen molar-refractivity contribution in [3.8, 4) is 0 Å². The van der Waals surface area contributed by atoms with Gasteiger partial charge in [0.05, 0.1) is 0 Å². The molecule has 0 spiro atoms. The fourth-order valence-corrected chi connectivity index (χ4v) is 0.582. The molecule has 2 nitrogen and oxygen atoms in total. The van der Waals surface area contributed by atoms with Gasteiger partial charge in [-0.05, 0) is 12.3 Å². The first-order valence-electron chi connectivity index (χ1n) is 3.66. The average Bonchev–Trinajstić information content (AvgIpc) is 1.83. The molecule has 0 aliphatic rings. The smallest absolute Gasteiger partial charge is 0.0130 e. The molecule has 2 N–H and O–H groups in total. The molecule has 0 bridgehead atoms. The van der Waals surface area contributed by atoms with Crippen LogP contribution in [0.15, 0.2) is 0 Å². The minimum atomic E-state index is 0.766. The third kappa shape index (κ3) is 5.80. The second kappa shape index (κ2) is 4.77. The van der Waals surface area contributed by atoms with E-state index in [-0.39, 0.29) is 0 Å². The quantitative estimate of drug-likeness (QED) is 0.458. The maximum absolute atomic E-state index is 5.55. The summed E-state index contributed by atoms with van der Waals surface area (Å²) in [6.45, 7) is 8.47. The highest BCUT2D eigenvalue weighted by Crippen LogP contribution is 1.98. The number of hydrogen-bond acceptors (Lipinski definition) is 2. The molecule has 0 aromatic rings. The lowest BCUT2D eigenvalue weighted by Gasteiger charge is -2.14. The van der Waals surface area contributed by atoms with E-state index in [1.54, 1.807) is 0 Å². The van der Waals surface area contributed by atoms with Crippen LogP contribution in [0.1, 0.15) is 27.2 Å². The van der Waals surface area contributed by atoms with Crippen molar-refractivity contribution >= 4 is 0 Å². The molecular weight excluding hydrogens is 112 g/mol. The number of nitrogens with two attached hydrogens (primary N) is 1. The van der Waals surface area contributed by atoms with E-state index in [0.717, 1.165) is 19.0 Å². The summed E-state index contributed by atoms with van der Waals surface area (Å²) in [7, 11) is 0. The Morgan fingerprint density at radius 2 is 2.00 bits per heavy atom. The van der Waals surface area contributed by atoms with E-state index in [1.165, 1.54) is 6.42 Å². The Balaban J connectivity index is 3.06. The van der Waals surface area contributed by atoms with Crippen LogP contribution in [0.2, 0.25) is 0 Å². The van der Waals surface area contributed by atoms with Crippen LogP contribution in [0.4, 0.5) is 0 Å². The molecule has 0 aromatic carbocycles. The number of hydrazine groups is 1. The Morgan fingerprint density at radius 3 is 2.33 bits per heavy atom. The lowest BCUT2D eigenvalue weighted by Crippen LogP contribution is -2.32. The minimum Gasteiger partial charge on any atom is -0.269 e. The van der Waals surface area contributed by atoms with Crippen LogP contribution in [-0.4, -0.2) is 18.1 Å². The molecule has 0 saturated carbocycles. The van der Waals surface area contributed by atoms with Crippen molar-refractivity contribution in [2.24, 2.45) is 11.8 Å². The van der Waals surface area contributed by atoms with Crippen molar-refractivity contribution in [1.29, 1.82) is 0 Å². The molecule has 0 aromatic heterocycles. The fraction of sp³-hybridized carbons (Fsp3) is 1.00. The minimum absolute atomic E-state index is 0.766. The van der Waals surface area contributed by atoms with Gasteiger partial charge in [0, 0.05) is 13.1 Å². The van der Waals surface area contributed by atoms with Crippen LogP contribution in [0.5, 0.6) is 0 Å². The first-order valence-corrected chi connectivity index (χ1v) is 3.66. The molecule has 0 aliphatic heterocycles. The third-order valence-corrected chi connectivity index (χ3v) is 1.40. The molecule has 0 radical (unpaired) electrons. The zero-order valence-corrected chi connectivity index (χ0v) is 6.72. The second-order valence-corrected chi connectivity index (χ2v) is 2.81. The number of rotatable bonds is 4. The van der Waals surface area contributed by atoms with Gasteiger partial charge in [0.25, 0.3) is 0 Å². The molecule has 0 atom stereocenters. The van der Waals surface area contributed by atoms with Gasteiger partial charge in [0.15, 0.2) is 0 Å². The summed E-state index contributed by atoms with van der Waals surface area (Å²) in [5.74, 6) is 6.32. The lowest BCUT2D eigenvalue weighted by atomic mass is 10.1. The summed E-state index contributed by atoms with van der Waals surface area (Å²) in [4.78, 5) is 0. The molecular formula is C7H18N2. The Morgan fingerprint density at radius 1 is 1.44 bits per heavy atom. The summed E-state index contributed by atoms with van der Waals surface area (Å²) in [6.07, 6.45) is 1.20. The molecule has 9 heavy (non-hydrogen) atoms. The van der Waals surface area contributed by atoms with Crippen LogP contribution in [0.25, 0.3) is 0 Å². The van der Waals surface area contributed by atoms with E-state index < -0.39 is 0 Å². The molecule has 0 fully saturated rings. The van der Waals surface area contributed by atoms with Gasteiger partial charge < -0.3 is 0 Å². The number of hydrogen-bond donors (Lipinski definition) is 1. The molecule has 0 amide bonds. The van der Waals surface area contributed by atoms with Gasteiger partial charge in [-0.2, -0.15) is 0 Å². The van der Waals surface area contributed by atoms with Gasteiger partial charge >= 0.3 is 0 Å². The Hall–Kier alpha value is -0.0800. The molecule has 56 valence electrons. The van der Waals surface area contributed by atoms with Crippen molar-refractivity contribution in [2.45, 2.75) is 27.2 Å². The Kier molecular flexibility index (Phi) is 4.72. The largest absolute Gasteiger partial charge is 0.269 e. The topological polar surface area (TPSA) is 29.3 Å². The van der Waals surface area contributed by atoms with E-state index in [4.69, 9.17) is 5.84 Å². The number of nitrogens with zero attached hydrogens (tertiary/aromatic N) is 1. The van der Waals surface area contributed by atoms with Gasteiger partial charge in [-0.25, -0.2) is 5.01 Å². The maximum atomic E-state index is 5.55. The van der Waals surface area contributed by atoms with E-state index >= 15 is 0 Å². The maximum Gasteiger partial charge on any atom is 0.0130 e. The normalized spacial score (nSPS) is 11.3. The summed E-state index contributed by atoms with van der Waals surface area (Å²) in [5, 5.41) is 1.85. The van der Waals surface area contributed by atoms with Crippen molar-refractivity contribution in [3.63, 3.8) is 0 Å². The van der Waals surface area contributed by atoms with E-state index in [1.807, 2.05) is 5.01 Å². The second-order valence-electron chi connectivity index (χ2n) is 2.81. The summed E-state index contributed by atoms with van der Waals surface area (Å²) < 4.78 is 0. The van der Waals surface area contributed by atoms with Crippen molar-refractivity contribution in [1.82, 2.24) is 5.01 Å². The van der Waals surface area contributed by atoms with E-state index in [9.17, 15) is 0 Å². The van der Waals surface area contributed by atoms with Crippen LogP contribution in [0, 0.1) is 5.92 Å². The van der Waals surface area contributed by atoms with Gasteiger partial charge in [-0.15, -0.1) is 0 Å². The van der Waals surface area contributed by atoms with E-state index in [0.29, 0.717) is 0 Å². The third-order valence-electron chi connectivity index (χ3n) is 1.40. The highest BCUT2D eigenvalue weighted by molar-refractivity contribution is 4.48. The Bertz CT molecular complexity index is 61.9. The highest BCUT2D eigenvalue weighted by atomic mass is 15.4. The van der Waals surface area contributed by atoms with Crippen LogP contribution in [0.3, 0.4) is 0 Å². The van der Waals surface area contributed by atoms with Gasteiger partial charge in [-0.3, -0.25) is 5.84 Å². The molecule has 0 aliphatic carbocycles. The molecule has 0 unspecified atom stereocenters. The first kappa shape index (κ1) is 8.92. The summed E-state index contributed by atoms with van der Waals surface area (Å²) >= 11 is 0. The molecule has 0 heterocycles.